The maximum absolute atomic E-state index is 12.8. The number of nitrogens with zero attached hydrogens (tertiary/aromatic N) is 2. The number of piperazine rings is 1. The Hall–Kier alpha value is -0.440. The molecule has 0 spiro atoms. The molecular weight excluding hydrogens is 364 g/mol. The first-order valence-corrected chi connectivity index (χ1v) is 9.18. The Labute approximate surface area is 131 Å². The van der Waals surface area contributed by atoms with Crippen LogP contribution < -0.4 is 0 Å². The number of rotatable bonds is 2. The molecule has 1 amide bonds. The highest BCUT2D eigenvalue weighted by atomic mass is 79.9. The van der Waals surface area contributed by atoms with Gasteiger partial charge in [-0.15, -0.1) is 11.3 Å². The largest absolute Gasteiger partial charge is 0.343 e. The van der Waals surface area contributed by atoms with E-state index in [9.17, 15) is 13.2 Å². The monoisotopic (exact) mass is 380 g/mol. The third-order valence-electron chi connectivity index (χ3n) is 3.51. The lowest BCUT2D eigenvalue weighted by Gasteiger charge is -2.43. The van der Waals surface area contributed by atoms with Crippen molar-refractivity contribution < 1.29 is 13.2 Å². The van der Waals surface area contributed by atoms with Crippen molar-refractivity contribution >= 4 is 43.2 Å². The van der Waals surface area contributed by atoms with Gasteiger partial charge in [-0.3, -0.25) is 4.79 Å². The summed E-state index contributed by atoms with van der Waals surface area (Å²) >= 11 is 4.52. The summed E-state index contributed by atoms with van der Waals surface area (Å²) in [4.78, 5) is 13.8. The molecular formula is C12H17BrN2O3S2. The molecule has 0 saturated carbocycles. The second kappa shape index (κ2) is 5.08. The molecule has 1 fully saturated rings. The molecule has 0 radical (unpaired) electrons. The van der Waals surface area contributed by atoms with Crippen LogP contribution in [-0.4, -0.2) is 49.2 Å². The minimum Gasteiger partial charge on any atom is -0.343 e. The zero-order valence-electron chi connectivity index (χ0n) is 11.8. The molecule has 112 valence electrons. The van der Waals surface area contributed by atoms with Gasteiger partial charge in [-0.1, -0.05) is 0 Å². The molecule has 0 aliphatic carbocycles. The van der Waals surface area contributed by atoms with E-state index >= 15 is 0 Å². The van der Waals surface area contributed by atoms with Gasteiger partial charge in [-0.25, -0.2) is 8.42 Å². The van der Waals surface area contributed by atoms with Crippen LogP contribution in [0.25, 0.3) is 0 Å². The summed E-state index contributed by atoms with van der Waals surface area (Å²) in [6, 6.07) is 1.64. The van der Waals surface area contributed by atoms with E-state index in [1.807, 2.05) is 6.92 Å². The van der Waals surface area contributed by atoms with Crippen molar-refractivity contribution in [2.24, 2.45) is 0 Å². The van der Waals surface area contributed by atoms with Crippen molar-refractivity contribution in [2.75, 3.05) is 20.1 Å². The molecule has 0 atom stereocenters. The maximum atomic E-state index is 12.8. The Bertz CT molecular complexity index is 632. The van der Waals surface area contributed by atoms with Crippen LogP contribution in [0.4, 0.5) is 0 Å². The van der Waals surface area contributed by atoms with Crippen LogP contribution in [0.1, 0.15) is 19.4 Å². The SMILES string of the molecule is Cc1cc(S(=O)(=O)N2CCN(C)C(=O)C2(C)C)sc1Br. The van der Waals surface area contributed by atoms with Crippen molar-refractivity contribution in [1.29, 1.82) is 0 Å². The summed E-state index contributed by atoms with van der Waals surface area (Å²) in [5.41, 5.74) is -0.178. The van der Waals surface area contributed by atoms with Crippen LogP contribution >= 0.6 is 27.3 Å². The number of carbonyl (C=O) groups is 1. The molecule has 1 aromatic rings. The first-order valence-electron chi connectivity index (χ1n) is 6.13. The Morgan fingerprint density at radius 1 is 1.35 bits per heavy atom. The minimum atomic E-state index is -3.65. The number of amides is 1. The van der Waals surface area contributed by atoms with Crippen LogP contribution in [0, 0.1) is 6.92 Å². The minimum absolute atomic E-state index is 0.181. The molecule has 2 rings (SSSR count). The third-order valence-corrected chi connectivity index (χ3v) is 8.17. The Morgan fingerprint density at radius 2 is 1.95 bits per heavy atom. The van der Waals surface area contributed by atoms with Gasteiger partial charge in [0.1, 0.15) is 9.75 Å². The molecule has 8 heteroatoms. The summed E-state index contributed by atoms with van der Waals surface area (Å²) in [5, 5.41) is 0. The highest BCUT2D eigenvalue weighted by molar-refractivity contribution is 9.11. The number of sulfonamides is 1. The zero-order valence-corrected chi connectivity index (χ0v) is 15.0. The molecule has 0 unspecified atom stereocenters. The van der Waals surface area contributed by atoms with Gasteiger partial charge in [0.15, 0.2) is 0 Å². The fraction of sp³-hybridized carbons (Fsp3) is 0.583. The number of hydrogen-bond acceptors (Lipinski definition) is 4. The van der Waals surface area contributed by atoms with E-state index < -0.39 is 15.6 Å². The second-order valence-corrected chi connectivity index (χ2v) is 9.84. The molecule has 20 heavy (non-hydrogen) atoms. The molecule has 1 aliphatic heterocycles. The molecule has 1 aliphatic rings. The highest BCUT2D eigenvalue weighted by Crippen LogP contribution is 2.35. The van der Waals surface area contributed by atoms with E-state index in [4.69, 9.17) is 0 Å². The molecule has 1 aromatic heterocycles. The molecule has 0 N–H and O–H groups in total. The van der Waals surface area contributed by atoms with Crippen LogP contribution in [0.5, 0.6) is 0 Å². The quantitative estimate of drug-likeness (QED) is 0.788. The van der Waals surface area contributed by atoms with Gasteiger partial charge in [0, 0.05) is 20.1 Å². The smallest absolute Gasteiger partial charge is 0.253 e. The summed E-state index contributed by atoms with van der Waals surface area (Å²) in [5.74, 6) is -0.181. The summed E-state index contributed by atoms with van der Waals surface area (Å²) in [7, 11) is -1.96. The average molecular weight is 381 g/mol. The van der Waals surface area contributed by atoms with Gasteiger partial charge in [-0.05, 0) is 48.3 Å². The fourth-order valence-corrected chi connectivity index (χ4v) is 6.36. The van der Waals surface area contributed by atoms with Crippen LogP contribution in [0.3, 0.4) is 0 Å². The van der Waals surface area contributed by atoms with Gasteiger partial charge >= 0.3 is 0 Å². The Balaban J connectivity index is 2.46. The number of carbonyl (C=O) groups excluding carboxylic acids is 1. The predicted molar refractivity (Wildman–Crippen MR) is 82.4 cm³/mol. The van der Waals surface area contributed by atoms with Gasteiger partial charge in [0.25, 0.3) is 10.0 Å². The maximum Gasteiger partial charge on any atom is 0.253 e. The van der Waals surface area contributed by atoms with Gasteiger partial charge in [0.2, 0.25) is 5.91 Å². The molecule has 1 saturated heterocycles. The Morgan fingerprint density at radius 3 is 2.45 bits per heavy atom. The van der Waals surface area contributed by atoms with Crippen molar-refractivity contribution in [3.8, 4) is 0 Å². The van der Waals surface area contributed by atoms with E-state index in [1.54, 1.807) is 31.9 Å². The summed E-state index contributed by atoms with van der Waals surface area (Å²) in [6.45, 7) is 5.87. The predicted octanol–water partition coefficient (Wildman–Crippen LogP) is 2.06. The van der Waals surface area contributed by atoms with Crippen molar-refractivity contribution in [2.45, 2.75) is 30.5 Å². The first kappa shape index (κ1) is 15.9. The molecule has 0 bridgehead atoms. The number of thiophene rings is 1. The van der Waals surface area contributed by atoms with E-state index in [2.05, 4.69) is 15.9 Å². The normalized spacial score (nSPS) is 20.4. The zero-order chi connectivity index (χ0) is 15.3. The highest BCUT2D eigenvalue weighted by Gasteiger charge is 2.47. The van der Waals surface area contributed by atoms with E-state index in [-0.39, 0.29) is 10.1 Å². The lowest BCUT2D eigenvalue weighted by atomic mass is 10.0. The van der Waals surface area contributed by atoms with Gasteiger partial charge in [0.05, 0.1) is 3.79 Å². The van der Waals surface area contributed by atoms with Crippen molar-refractivity contribution in [3.05, 3.63) is 15.4 Å². The van der Waals surface area contributed by atoms with Gasteiger partial charge in [-0.2, -0.15) is 4.31 Å². The lowest BCUT2D eigenvalue weighted by molar-refractivity contribution is -0.142. The topological polar surface area (TPSA) is 57.7 Å². The first-order chi connectivity index (χ1) is 9.08. The average Bonchev–Trinajstić information content (AvgIpc) is 2.67. The third kappa shape index (κ3) is 2.43. The molecule has 0 aromatic carbocycles. The number of likely N-dealkylation sites (N-methyl/N-ethyl adjacent to an activating group) is 1. The van der Waals surface area contributed by atoms with E-state index in [0.717, 1.165) is 9.35 Å². The standard InChI is InChI=1S/C12H17BrN2O3S2/c1-8-7-9(19-10(8)13)20(17,18)15-6-5-14(4)11(16)12(15,2)3/h7H,5-6H2,1-4H3. The Kier molecular flexibility index (Phi) is 4.05. The second-order valence-electron chi connectivity index (χ2n) is 5.39. The number of halogens is 1. The number of aryl methyl sites for hydroxylation is 1. The molecule has 2 heterocycles. The van der Waals surface area contributed by atoms with Crippen LogP contribution in [-0.2, 0) is 14.8 Å². The number of hydrogen-bond donors (Lipinski definition) is 0. The summed E-state index contributed by atoms with van der Waals surface area (Å²) in [6.07, 6.45) is 0. The van der Waals surface area contributed by atoms with Crippen molar-refractivity contribution in [3.63, 3.8) is 0 Å². The van der Waals surface area contributed by atoms with Crippen LogP contribution in [0.2, 0.25) is 0 Å². The summed E-state index contributed by atoms with van der Waals surface area (Å²) < 4.78 is 27.9. The lowest BCUT2D eigenvalue weighted by Crippen LogP contribution is -2.63. The van der Waals surface area contributed by atoms with E-state index in [1.165, 1.54) is 15.6 Å². The molecule has 5 nitrogen and oxygen atoms in total. The van der Waals surface area contributed by atoms with Crippen LogP contribution in [0.15, 0.2) is 14.1 Å². The van der Waals surface area contributed by atoms with E-state index in [0.29, 0.717) is 13.1 Å². The van der Waals surface area contributed by atoms with Crippen molar-refractivity contribution in [1.82, 2.24) is 9.21 Å². The fourth-order valence-electron chi connectivity index (χ4n) is 2.28. The van der Waals surface area contributed by atoms with Gasteiger partial charge < -0.3 is 4.90 Å².